The van der Waals surface area contributed by atoms with Crippen LogP contribution in [0.15, 0.2) is 36.4 Å². The van der Waals surface area contributed by atoms with Crippen LogP contribution in [-0.4, -0.2) is 33.7 Å². The second kappa shape index (κ2) is 12.4. The molecule has 0 aliphatic carbocycles. The Morgan fingerprint density at radius 3 is 2.03 bits per heavy atom. The van der Waals surface area contributed by atoms with Crippen LogP contribution in [0.3, 0.4) is 0 Å². The van der Waals surface area contributed by atoms with E-state index in [9.17, 15) is 13.2 Å². The van der Waals surface area contributed by atoms with E-state index in [0.29, 0.717) is 5.92 Å². The maximum Gasteiger partial charge on any atom is 0.228 e. The molecule has 2 aromatic rings. The smallest absolute Gasteiger partial charge is 0.228 e. The molecule has 1 aliphatic heterocycles. The van der Waals surface area contributed by atoms with Gasteiger partial charge in [0.25, 0.3) is 0 Å². The molecule has 0 spiro atoms. The van der Waals surface area contributed by atoms with Crippen LogP contribution in [0.1, 0.15) is 29.9 Å². The zero-order valence-electron chi connectivity index (χ0n) is 16.4. The summed E-state index contributed by atoms with van der Waals surface area (Å²) in [5.41, 5.74) is 2.16. The van der Waals surface area contributed by atoms with Crippen LogP contribution in [0.2, 0.25) is 0 Å². The molecule has 0 bridgehead atoms. The normalized spacial score (nSPS) is 14.0. The highest BCUT2D eigenvalue weighted by atomic mass is 35.5. The average molecular weight is 448 g/mol. The Morgan fingerprint density at radius 2 is 1.43 bits per heavy atom. The average Bonchev–Trinajstić information content (AvgIpc) is 2.75. The third-order valence-electron chi connectivity index (χ3n) is 4.84. The molecule has 5 nitrogen and oxygen atoms in total. The number of piperidine rings is 1. The molecule has 0 amide bonds. The van der Waals surface area contributed by atoms with Crippen molar-refractivity contribution in [2.75, 3.05) is 33.7 Å². The van der Waals surface area contributed by atoms with Crippen molar-refractivity contribution in [3.63, 3.8) is 0 Å². The Labute approximate surface area is 179 Å². The number of nitrogens with one attached hydrogen (secondary N) is 1. The first kappa shape index (κ1) is 24.0. The summed E-state index contributed by atoms with van der Waals surface area (Å²) in [6.07, 6.45) is 2.05. The lowest BCUT2D eigenvalue weighted by atomic mass is 9.87. The van der Waals surface area contributed by atoms with Gasteiger partial charge in [-0.2, -0.15) is 0 Å². The van der Waals surface area contributed by atoms with Gasteiger partial charge in [-0.25, -0.2) is 13.2 Å². The van der Waals surface area contributed by atoms with Crippen molar-refractivity contribution in [3.8, 4) is 23.0 Å². The molecule has 1 aliphatic rings. The molecule has 166 valence electrons. The van der Waals surface area contributed by atoms with Crippen molar-refractivity contribution in [2.24, 2.45) is 0 Å². The van der Waals surface area contributed by atoms with Gasteiger partial charge in [0.15, 0.2) is 11.5 Å². The summed E-state index contributed by atoms with van der Waals surface area (Å²) >= 11 is 0. The fraction of sp³-hybridized carbons (Fsp3) is 0.429. The molecule has 0 aromatic heterocycles. The standard InChI is InChI=1S/C21H24F3NO4.ClH/c22-12-27-17-9-19(28-13-23)21(20(10-17)29-14-24)26-11-16-3-1-2-4-18(16)15-5-7-25-8-6-15;/h1-4,9-10,15,25H,5-8,11-14H2;1H. The van der Waals surface area contributed by atoms with Gasteiger partial charge in [-0.15, -0.1) is 12.4 Å². The topological polar surface area (TPSA) is 49.0 Å². The molecule has 1 fully saturated rings. The maximum atomic E-state index is 12.9. The first-order chi connectivity index (χ1) is 14.3. The molecule has 1 N–H and O–H groups in total. The number of hydrogen-bond acceptors (Lipinski definition) is 5. The lowest BCUT2D eigenvalue weighted by Gasteiger charge is -2.25. The van der Waals surface area contributed by atoms with Crippen molar-refractivity contribution < 1.29 is 32.1 Å². The minimum atomic E-state index is -1.14. The van der Waals surface area contributed by atoms with E-state index in [1.165, 1.54) is 17.7 Å². The van der Waals surface area contributed by atoms with Gasteiger partial charge in [-0.1, -0.05) is 24.3 Å². The summed E-state index contributed by atoms with van der Waals surface area (Å²) in [5, 5.41) is 3.35. The maximum absolute atomic E-state index is 12.9. The molecule has 1 saturated heterocycles. The zero-order chi connectivity index (χ0) is 20.5. The summed E-state index contributed by atoms with van der Waals surface area (Å²) in [4.78, 5) is 0. The van der Waals surface area contributed by atoms with Gasteiger partial charge in [0.05, 0.1) is 0 Å². The molecular weight excluding hydrogens is 423 g/mol. The highest BCUT2D eigenvalue weighted by molar-refractivity contribution is 5.85. The number of rotatable bonds is 10. The van der Waals surface area contributed by atoms with Crippen molar-refractivity contribution >= 4 is 12.4 Å². The van der Waals surface area contributed by atoms with Crippen molar-refractivity contribution in [1.82, 2.24) is 5.32 Å². The molecular formula is C21H25ClF3NO4. The second-order valence-electron chi connectivity index (χ2n) is 6.52. The largest absolute Gasteiger partial charge is 0.482 e. The number of halogens is 4. The van der Waals surface area contributed by atoms with Crippen LogP contribution in [0.5, 0.6) is 23.0 Å². The number of hydrogen-bond donors (Lipinski definition) is 1. The van der Waals surface area contributed by atoms with Gasteiger partial charge in [0.1, 0.15) is 12.4 Å². The van der Waals surface area contributed by atoms with Crippen LogP contribution in [0, 0.1) is 0 Å². The predicted octanol–water partition coefficient (Wildman–Crippen LogP) is 5.07. The van der Waals surface area contributed by atoms with E-state index in [1.807, 2.05) is 18.2 Å². The molecule has 0 unspecified atom stereocenters. The highest BCUT2D eigenvalue weighted by Gasteiger charge is 2.20. The summed E-state index contributed by atoms with van der Waals surface area (Å²) < 4.78 is 58.7. The molecule has 9 heteroatoms. The SMILES string of the molecule is Cl.FCOc1cc(OCF)c(OCc2ccccc2C2CCNCC2)c(OCF)c1. The van der Waals surface area contributed by atoms with E-state index in [-0.39, 0.29) is 42.0 Å². The van der Waals surface area contributed by atoms with Crippen molar-refractivity contribution in [3.05, 3.63) is 47.5 Å². The predicted molar refractivity (Wildman–Crippen MR) is 109 cm³/mol. The third kappa shape index (κ3) is 6.09. The highest BCUT2D eigenvalue weighted by Crippen LogP contribution is 2.42. The molecule has 0 atom stereocenters. The van der Waals surface area contributed by atoms with Gasteiger partial charge >= 0.3 is 0 Å². The first-order valence-corrected chi connectivity index (χ1v) is 9.42. The van der Waals surface area contributed by atoms with Crippen LogP contribution < -0.4 is 24.3 Å². The number of benzene rings is 2. The summed E-state index contributed by atoms with van der Waals surface area (Å²) in [6, 6.07) is 10.5. The third-order valence-corrected chi connectivity index (χ3v) is 4.84. The molecule has 3 rings (SSSR count). The molecule has 30 heavy (non-hydrogen) atoms. The van der Waals surface area contributed by atoms with E-state index in [0.717, 1.165) is 31.5 Å². The Kier molecular flexibility index (Phi) is 9.89. The summed E-state index contributed by atoms with van der Waals surface area (Å²) in [6.45, 7) is -1.31. The minimum absolute atomic E-state index is 0. The van der Waals surface area contributed by atoms with Crippen molar-refractivity contribution in [1.29, 1.82) is 0 Å². The fourth-order valence-corrected chi connectivity index (χ4v) is 3.52. The molecule has 2 aromatic carbocycles. The van der Waals surface area contributed by atoms with Crippen molar-refractivity contribution in [2.45, 2.75) is 25.4 Å². The van der Waals surface area contributed by atoms with Gasteiger partial charge in [-0.3, -0.25) is 0 Å². The monoisotopic (exact) mass is 447 g/mol. The van der Waals surface area contributed by atoms with Crippen LogP contribution in [0.25, 0.3) is 0 Å². The van der Waals surface area contributed by atoms with E-state index in [4.69, 9.17) is 18.9 Å². The first-order valence-electron chi connectivity index (χ1n) is 9.42. The second-order valence-corrected chi connectivity index (χ2v) is 6.52. The molecule has 0 saturated carbocycles. The minimum Gasteiger partial charge on any atom is -0.482 e. The zero-order valence-corrected chi connectivity index (χ0v) is 17.2. The van der Waals surface area contributed by atoms with Crippen LogP contribution in [-0.2, 0) is 6.61 Å². The summed E-state index contributed by atoms with van der Waals surface area (Å²) in [7, 11) is 0. The van der Waals surface area contributed by atoms with E-state index in [1.54, 1.807) is 0 Å². The fourth-order valence-electron chi connectivity index (χ4n) is 3.52. The molecule has 1 heterocycles. The molecule has 0 radical (unpaired) electrons. The number of ether oxygens (including phenoxy) is 4. The lowest BCUT2D eigenvalue weighted by Crippen LogP contribution is -2.27. The lowest BCUT2D eigenvalue weighted by molar-refractivity contribution is 0.156. The van der Waals surface area contributed by atoms with Gasteiger partial charge < -0.3 is 24.3 Å². The van der Waals surface area contributed by atoms with Crippen LogP contribution >= 0.6 is 12.4 Å². The van der Waals surface area contributed by atoms with Gasteiger partial charge in [0.2, 0.25) is 26.3 Å². The number of alkyl halides is 3. The van der Waals surface area contributed by atoms with Gasteiger partial charge in [-0.05, 0) is 43.0 Å². The Hall–Kier alpha value is -2.32. The Morgan fingerprint density at radius 1 is 0.833 bits per heavy atom. The van der Waals surface area contributed by atoms with Gasteiger partial charge in [0, 0.05) is 12.1 Å². The summed E-state index contributed by atoms with van der Waals surface area (Å²) in [5.74, 6) is 0.357. The van der Waals surface area contributed by atoms with E-state index in [2.05, 4.69) is 11.4 Å². The Bertz CT molecular complexity index is 764. The quantitative estimate of drug-likeness (QED) is 0.551. The Balaban J connectivity index is 0.00000320. The van der Waals surface area contributed by atoms with Crippen LogP contribution in [0.4, 0.5) is 13.2 Å². The van der Waals surface area contributed by atoms with E-state index < -0.39 is 20.6 Å². The van der Waals surface area contributed by atoms with E-state index >= 15 is 0 Å².